The van der Waals surface area contributed by atoms with Gasteiger partial charge in [-0.15, -0.1) is 0 Å². The van der Waals surface area contributed by atoms with Crippen LogP contribution in [0.1, 0.15) is 21.5 Å². The SMILES string of the molecule is N#CC(=NNc1cc(Cl)c(Oc2ccc3c(c2)CCN(Cc2cccc(F)c2)C3=O)c(Cl)c1)C(=O)NC(=O)O. The lowest BCUT2D eigenvalue weighted by Gasteiger charge is -2.29. The molecule has 0 saturated carbocycles. The van der Waals surface area contributed by atoms with Crippen molar-refractivity contribution < 1.29 is 28.6 Å². The summed E-state index contributed by atoms with van der Waals surface area (Å²) in [4.78, 5) is 36.9. The molecule has 0 aromatic heterocycles. The molecule has 0 fully saturated rings. The highest BCUT2D eigenvalue weighted by atomic mass is 35.5. The van der Waals surface area contributed by atoms with Gasteiger partial charge in [0.1, 0.15) is 17.6 Å². The summed E-state index contributed by atoms with van der Waals surface area (Å²) in [5.41, 5.74) is 3.87. The molecule has 13 heteroatoms. The Kier molecular flexibility index (Phi) is 8.29. The van der Waals surface area contributed by atoms with Crippen LogP contribution in [0.2, 0.25) is 10.0 Å². The average molecular weight is 570 g/mol. The Morgan fingerprint density at radius 2 is 1.90 bits per heavy atom. The lowest BCUT2D eigenvalue weighted by Crippen LogP contribution is -2.37. The van der Waals surface area contributed by atoms with E-state index in [9.17, 15) is 18.8 Å². The molecule has 1 heterocycles. The van der Waals surface area contributed by atoms with E-state index in [1.54, 1.807) is 35.2 Å². The molecule has 39 heavy (non-hydrogen) atoms. The van der Waals surface area contributed by atoms with E-state index >= 15 is 0 Å². The highest BCUT2D eigenvalue weighted by molar-refractivity contribution is 6.46. The van der Waals surface area contributed by atoms with Crippen molar-refractivity contribution in [1.29, 1.82) is 5.26 Å². The molecule has 1 aliphatic rings. The number of fused-ring (bicyclic) bond motifs is 1. The van der Waals surface area contributed by atoms with Gasteiger partial charge in [0.05, 0.1) is 15.7 Å². The quantitative estimate of drug-likeness (QED) is 0.261. The summed E-state index contributed by atoms with van der Waals surface area (Å²) >= 11 is 12.7. The largest absolute Gasteiger partial charge is 0.465 e. The van der Waals surface area contributed by atoms with Crippen molar-refractivity contribution in [2.24, 2.45) is 5.10 Å². The molecule has 1 aliphatic heterocycles. The van der Waals surface area contributed by atoms with Gasteiger partial charge >= 0.3 is 6.09 Å². The molecule has 0 aliphatic carbocycles. The molecule has 3 aromatic carbocycles. The maximum absolute atomic E-state index is 13.5. The number of anilines is 1. The number of carbonyl (C=O) groups is 3. The minimum absolute atomic E-state index is 0.0729. The summed E-state index contributed by atoms with van der Waals surface area (Å²) in [6.45, 7) is 0.743. The van der Waals surface area contributed by atoms with Gasteiger partial charge in [0.25, 0.3) is 11.8 Å². The fourth-order valence-electron chi connectivity index (χ4n) is 3.83. The zero-order valence-corrected chi connectivity index (χ0v) is 21.4. The highest BCUT2D eigenvalue weighted by Crippen LogP contribution is 2.39. The lowest BCUT2D eigenvalue weighted by molar-refractivity contribution is -0.114. The molecule has 198 valence electrons. The molecule has 0 atom stereocenters. The number of carbonyl (C=O) groups excluding carboxylic acids is 2. The van der Waals surface area contributed by atoms with Crippen LogP contribution < -0.4 is 15.5 Å². The fourth-order valence-corrected chi connectivity index (χ4v) is 4.39. The maximum Gasteiger partial charge on any atom is 0.411 e. The second-order valence-corrected chi connectivity index (χ2v) is 9.05. The van der Waals surface area contributed by atoms with Crippen molar-refractivity contribution in [2.45, 2.75) is 13.0 Å². The Bertz CT molecular complexity index is 1530. The number of halogens is 3. The van der Waals surface area contributed by atoms with Crippen LogP contribution in [0, 0.1) is 17.1 Å². The summed E-state index contributed by atoms with van der Waals surface area (Å²) in [7, 11) is 0. The number of hydrogen-bond acceptors (Lipinski definition) is 7. The fraction of sp³-hybridized carbons (Fsp3) is 0.115. The standard InChI is InChI=1S/C26H18Cl2FN5O5/c27-20-10-17(32-33-22(12-30)24(35)31-26(37)38)11-21(28)23(20)39-18-4-5-19-15(9-18)6-7-34(25(19)36)13-14-2-1-3-16(29)8-14/h1-5,8-11,32H,6-7,13H2,(H,31,35)(H,37,38). The Hall–Kier alpha value is -4.66. The number of hydrogen-bond donors (Lipinski definition) is 3. The van der Waals surface area contributed by atoms with E-state index in [1.807, 2.05) is 0 Å². The number of imide groups is 1. The first kappa shape index (κ1) is 27.4. The molecule has 3 amide bonds. The molecule has 3 aromatic rings. The Morgan fingerprint density at radius 3 is 2.56 bits per heavy atom. The van der Waals surface area contributed by atoms with Crippen molar-refractivity contribution >= 4 is 52.5 Å². The van der Waals surface area contributed by atoms with Gasteiger partial charge in [0, 0.05) is 18.7 Å². The third kappa shape index (κ3) is 6.62. The minimum atomic E-state index is -1.64. The molecule has 4 rings (SSSR count). The summed E-state index contributed by atoms with van der Waals surface area (Å²) in [5.74, 6) is -1.24. The second kappa shape index (κ2) is 11.8. The molecule has 0 radical (unpaired) electrons. The van der Waals surface area contributed by atoms with Gasteiger partial charge < -0.3 is 14.7 Å². The van der Waals surface area contributed by atoms with Crippen LogP contribution in [0.3, 0.4) is 0 Å². The first-order valence-corrected chi connectivity index (χ1v) is 12.0. The number of nitrogens with zero attached hydrogens (tertiary/aromatic N) is 3. The van der Waals surface area contributed by atoms with Crippen LogP contribution in [0.15, 0.2) is 59.7 Å². The molecular formula is C26H18Cl2FN5O5. The van der Waals surface area contributed by atoms with Gasteiger partial charge in [-0.2, -0.15) is 10.4 Å². The van der Waals surface area contributed by atoms with Crippen LogP contribution in [0.4, 0.5) is 14.9 Å². The van der Waals surface area contributed by atoms with E-state index in [-0.39, 0.29) is 33.2 Å². The van der Waals surface area contributed by atoms with E-state index in [1.165, 1.54) is 35.7 Å². The number of ether oxygens (including phenoxy) is 1. The van der Waals surface area contributed by atoms with Crippen LogP contribution >= 0.6 is 23.2 Å². The molecule has 0 bridgehead atoms. The molecular weight excluding hydrogens is 552 g/mol. The van der Waals surface area contributed by atoms with Gasteiger partial charge in [-0.1, -0.05) is 35.3 Å². The molecule has 10 nitrogen and oxygen atoms in total. The first-order chi connectivity index (χ1) is 18.6. The predicted octanol–water partition coefficient (Wildman–Crippen LogP) is 5.21. The second-order valence-electron chi connectivity index (χ2n) is 8.24. The predicted molar refractivity (Wildman–Crippen MR) is 141 cm³/mol. The van der Waals surface area contributed by atoms with E-state index in [2.05, 4.69) is 10.5 Å². The van der Waals surface area contributed by atoms with Gasteiger partial charge in [-0.25, -0.2) is 9.18 Å². The van der Waals surface area contributed by atoms with Gasteiger partial charge in [0.2, 0.25) is 5.71 Å². The molecule has 3 N–H and O–H groups in total. The average Bonchev–Trinajstić information content (AvgIpc) is 2.88. The van der Waals surface area contributed by atoms with E-state index < -0.39 is 17.7 Å². The molecule has 0 unspecified atom stereocenters. The first-order valence-electron chi connectivity index (χ1n) is 11.3. The smallest absolute Gasteiger partial charge is 0.411 e. The minimum Gasteiger partial charge on any atom is -0.465 e. The summed E-state index contributed by atoms with van der Waals surface area (Å²) < 4.78 is 19.4. The summed E-state index contributed by atoms with van der Waals surface area (Å²) in [5, 5.41) is 22.8. The zero-order valence-electron chi connectivity index (χ0n) is 19.9. The van der Waals surface area contributed by atoms with E-state index in [0.717, 1.165) is 5.56 Å². The number of rotatable bonds is 7. The topological polar surface area (TPSA) is 144 Å². The van der Waals surface area contributed by atoms with E-state index in [4.69, 9.17) is 38.3 Å². The van der Waals surface area contributed by atoms with Crippen LogP contribution in [0.5, 0.6) is 11.5 Å². The van der Waals surface area contributed by atoms with Crippen molar-refractivity contribution in [3.05, 3.63) is 87.2 Å². The monoisotopic (exact) mass is 569 g/mol. The third-order valence-corrected chi connectivity index (χ3v) is 6.13. The summed E-state index contributed by atoms with van der Waals surface area (Å²) in [6, 6.07) is 15.3. The maximum atomic E-state index is 13.5. The Morgan fingerprint density at radius 1 is 1.15 bits per heavy atom. The van der Waals surface area contributed by atoms with Crippen LogP contribution in [0.25, 0.3) is 0 Å². The van der Waals surface area contributed by atoms with Crippen molar-refractivity contribution in [3.8, 4) is 17.6 Å². The molecule has 0 spiro atoms. The summed E-state index contributed by atoms with van der Waals surface area (Å²) in [6.07, 6.45) is -1.07. The number of benzene rings is 3. The number of amides is 3. The van der Waals surface area contributed by atoms with Crippen LogP contribution in [-0.4, -0.2) is 40.2 Å². The van der Waals surface area contributed by atoms with Crippen molar-refractivity contribution in [2.75, 3.05) is 12.0 Å². The van der Waals surface area contributed by atoms with Crippen molar-refractivity contribution in [1.82, 2.24) is 10.2 Å². The zero-order chi connectivity index (χ0) is 28.1. The number of nitrogens with one attached hydrogen (secondary N) is 2. The highest BCUT2D eigenvalue weighted by Gasteiger charge is 2.25. The van der Waals surface area contributed by atoms with Gasteiger partial charge in [-0.05, 0) is 60.0 Å². The molecule has 0 saturated heterocycles. The number of nitriles is 1. The van der Waals surface area contributed by atoms with E-state index in [0.29, 0.717) is 36.4 Å². The lowest BCUT2D eigenvalue weighted by atomic mass is 9.98. The third-order valence-electron chi connectivity index (χ3n) is 5.56. The van der Waals surface area contributed by atoms with Crippen molar-refractivity contribution in [3.63, 3.8) is 0 Å². The Labute approximate surface area is 231 Å². The number of carboxylic acid groups (broad SMARTS) is 1. The van der Waals surface area contributed by atoms with Gasteiger partial charge in [-0.3, -0.25) is 20.3 Å². The van der Waals surface area contributed by atoms with Gasteiger partial charge in [0.15, 0.2) is 5.75 Å². The number of hydrazone groups is 1. The Balaban J connectivity index is 1.47. The normalized spacial score (nSPS) is 12.8. The van der Waals surface area contributed by atoms with Crippen LogP contribution in [-0.2, 0) is 17.8 Å².